The summed E-state index contributed by atoms with van der Waals surface area (Å²) in [5.74, 6) is -0.00674. The second-order valence-electron chi connectivity index (χ2n) is 8.81. The van der Waals surface area contributed by atoms with E-state index in [0.29, 0.717) is 23.7 Å². The van der Waals surface area contributed by atoms with Crippen molar-refractivity contribution in [1.29, 1.82) is 0 Å². The fourth-order valence-corrected chi connectivity index (χ4v) is 4.50. The number of nitrogens with zero attached hydrogens (tertiary/aromatic N) is 4. The number of carbonyl (C=O) groups excluding carboxylic acids is 2. The predicted molar refractivity (Wildman–Crippen MR) is 128 cm³/mol. The highest BCUT2D eigenvalue weighted by molar-refractivity contribution is 5.95. The number of cyclic esters (lactones) is 1. The number of halogens is 1. The molecule has 2 amide bonds. The van der Waals surface area contributed by atoms with Gasteiger partial charge in [0.1, 0.15) is 11.3 Å². The summed E-state index contributed by atoms with van der Waals surface area (Å²) in [6.45, 7) is 3.72. The summed E-state index contributed by atoms with van der Waals surface area (Å²) in [4.78, 5) is 37.4. The molecular weight excluding hydrogens is 453 g/mol. The number of aryl methyl sites for hydroxylation is 1. The Hall–Kier alpha value is -3.95. The van der Waals surface area contributed by atoms with Gasteiger partial charge < -0.3 is 19.7 Å². The van der Waals surface area contributed by atoms with Crippen molar-refractivity contribution in [3.8, 4) is 5.88 Å². The number of pyridine rings is 2. The maximum absolute atomic E-state index is 13.9. The highest BCUT2D eigenvalue weighted by Crippen LogP contribution is 2.30. The summed E-state index contributed by atoms with van der Waals surface area (Å²) in [5.41, 5.74) is 3.40. The zero-order chi connectivity index (χ0) is 24.5. The van der Waals surface area contributed by atoms with Crippen LogP contribution in [0.25, 0.3) is 11.0 Å². The Morgan fingerprint density at radius 3 is 2.91 bits per heavy atom. The van der Waals surface area contributed by atoms with Gasteiger partial charge >= 0.3 is 6.09 Å². The van der Waals surface area contributed by atoms with Crippen LogP contribution in [0, 0.1) is 18.7 Å². The molecule has 2 aliphatic rings. The fourth-order valence-electron chi connectivity index (χ4n) is 4.50. The third-order valence-corrected chi connectivity index (χ3v) is 6.51. The number of rotatable bonds is 6. The van der Waals surface area contributed by atoms with Crippen LogP contribution in [0.1, 0.15) is 12.0 Å². The standard InChI is InChI=1S/C25H26FN5O4/c1-15-3-4-17(11-18(15)26)31-14-21(35-25(31)33)24(32)28-12-16-8-10-30(13-16)20-7-9-27-19-5-6-22(34-2)29-23(19)20/h3-7,9,11,16,21H,8,10,12-14H2,1-2H3,(H,28,32)/t16?,21-/m0/s1. The van der Waals surface area contributed by atoms with Crippen LogP contribution in [0.5, 0.6) is 5.88 Å². The number of carbonyl (C=O) groups is 2. The molecule has 3 aromatic rings. The van der Waals surface area contributed by atoms with E-state index in [4.69, 9.17) is 9.47 Å². The Morgan fingerprint density at radius 1 is 1.26 bits per heavy atom. The lowest BCUT2D eigenvalue weighted by Gasteiger charge is -2.20. The molecule has 2 atom stereocenters. The second kappa shape index (κ2) is 9.36. The van der Waals surface area contributed by atoms with Gasteiger partial charge in [0.25, 0.3) is 5.91 Å². The van der Waals surface area contributed by atoms with Crippen LogP contribution in [0.15, 0.2) is 42.6 Å². The van der Waals surface area contributed by atoms with Crippen molar-refractivity contribution in [1.82, 2.24) is 15.3 Å². The Labute approximate surface area is 201 Å². The van der Waals surface area contributed by atoms with Crippen LogP contribution in [0.4, 0.5) is 20.6 Å². The van der Waals surface area contributed by atoms with Gasteiger partial charge in [0.15, 0.2) is 6.10 Å². The molecule has 2 aliphatic heterocycles. The molecule has 9 nitrogen and oxygen atoms in total. The molecule has 5 rings (SSSR count). The molecule has 35 heavy (non-hydrogen) atoms. The van der Waals surface area contributed by atoms with E-state index in [9.17, 15) is 14.0 Å². The average Bonchev–Trinajstić information content (AvgIpc) is 3.50. The molecule has 4 heterocycles. The zero-order valence-electron chi connectivity index (χ0n) is 19.5. The molecule has 1 N–H and O–H groups in total. The second-order valence-corrected chi connectivity index (χ2v) is 8.81. The molecule has 182 valence electrons. The van der Waals surface area contributed by atoms with Crippen molar-refractivity contribution < 1.29 is 23.5 Å². The number of hydrogen-bond donors (Lipinski definition) is 1. The van der Waals surface area contributed by atoms with Crippen LogP contribution in [0.2, 0.25) is 0 Å². The highest BCUT2D eigenvalue weighted by atomic mass is 19.1. The van der Waals surface area contributed by atoms with Crippen LogP contribution >= 0.6 is 0 Å². The number of nitrogens with one attached hydrogen (secondary N) is 1. The smallest absolute Gasteiger partial charge is 0.415 e. The number of aromatic nitrogens is 2. The summed E-state index contributed by atoms with van der Waals surface area (Å²) in [6.07, 6.45) is 1.06. The van der Waals surface area contributed by atoms with Crippen LogP contribution in [0.3, 0.4) is 0 Å². The maximum Gasteiger partial charge on any atom is 0.415 e. The van der Waals surface area contributed by atoms with Crippen molar-refractivity contribution in [2.75, 3.05) is 43.1 Å². The van der Waals surface area contributed by atoms with Crippen molar-refractivity contribution in [3.63, 3.8) is 0 Å². The molecular formula is C25H26FN5O4. The van der Waals surface area contributed by atoms with Crippen molar-refractivity contribution in [2.24, 2.45) is 5.92 Å². The minimum Gasteiger partial charge on any atom is -0.481 e. The highest BCUT2D eigenvalue weighted by Gasteiger charge is 2.37. The van der Waals surface area contributed by atoms with Gasteiger partial charge in [0.2, 0.25) is 5.88 Å². The Morgan fingerprint density at radius 2 is 2.11 bits per heavy atom. The number of hydrogen-bond acceptors (Lipinski definition) is 7. The number of methoxy groups -OCH3 is 1. The van der Waals surface area contributed by atoms with Gasteiger partial charge in [0, 0.05) is 31.9 Å². The molecule has 0 saturated carbocycles. The summed E-state index contributed by atoms with van der Waals surface area (Å²) < 4.78 is 24.4. The number of anilines is 2. The van der Waals surface area contributed by atoms with Gasteiger partial charge in [-0.15, -0.1) is 0 Å². The van der Waals surface area contributed by atoms with Gasteiger partial charge in [-0.1, -0.05) is 6.07 Å². The summed E-state index contributed by atoms with van der Waals surface area (Å²) in [7, 11) is 1.58. The topological polar surface area (TPSA) is 96.9 Å². The van der Waals surface area contributed by atoms with Gasteiger partial charge in [0.05, 0.1) is 30.5 Å². The largest absolute Gasteiger partial charge is 0.481 e. The fraction of sp³-hybridized carbons (Fsp3) is 0.360. The summed E-state index contributed by atoms with van der Waals surface area (Å²) in [5, 5.41) is 2.92. The van der Waals surface area contributed by atoms with Gasteiger partial charge in [-0.2, -0.15) is 0 Å². The number of benzene rings is 1. The SMILES string of the molecule is COc1ccc2nccc(N3CCC(CNC(=O)[C@@H]4CN(c5ccc(C)c(F)c5)C(=O)O4)C3)c2n1. The van der Waals surface area contributed by atoms with Crippen LogP contribution in [-0.4, -0.2) is 61.4 Å². The molecule has 2 aromatic heterocycles. The molecule has 0 aliphatic carbocycles. The molecule has 2 fully saturated rings. The lowest BCUT2D eigenvalue weighted by atomic mass is 10.1. The van der Waals surface area contributed by atoms with Crippen molar-refractivity contribution >= 4 is 34.4 Å². The Bertz CT molecular complexity index is 1290. The first-order valence-electron chi connectivity index (χ1n) is 11.5. The molecule has 2 saturated heterocycles. The maximum atomic E-state index is 13.9. The van der Waals surface area contributed by atoms with Crippen LogP contribution < -0.4 is 19.9 Å². The van der Waals surface area contributed by atoms with E-state index >= 15 is 0 Å². The van der Waals surface area contributed by atoms with Gasteiger partial charge in [-0.05, 0) is 49.1 Å². The van der Waals surface area contributed by atoms with E-state index in [1.165, 1.54) is 11.0 Å². The summed E-state index contributed by atoms with van der Waals surface area (Å²) in [6, 6.07) is 10.1. The average molecular weight is 480 g/mol. The number of ether oxygens (including phenoxy) is 2. The third-order valence-electron chi connectivity index (χ3n) is 6.51. The van der Waals surface area contributed by atoms with Gasteiger partial charge in [-0.3, -0.25) is 14.7 Å². The minimum absolute atomic E-state index is 0.0421. The molecule has 1 aromatic carbocycles. The minimum atomic E-state index is -0.940. The Kier molecular flexibility index (Phi) is 6.10. The first-order valence-corrected chi connectivity index (χ1v) is 11.5. The first-order chi connectivity index (χ1) is 16.9. The normalized spacial score (nSPS) is 19.8. The quantitative estimate of drug-likeness (QED) is 0.580. The monoisotopic (exact) mass is 479 g/mol. The first kappa shape index (κ1) is 22.8. The van der Waals surface area contributed by atoms with Crippen molar-refractivity contribution in [3.05, 3.63) is 54.0 Å². The molecule has 0 bridgehead atoms. The van der Waals surface area contributed by atoms with E-state index in [-0.39, 0.29) is 18.4 Å². The molecule has 1 unspecified atom stereocenters. The summed E-state index contributed by atoms with van der Waals surface area (Å²) >= 11 is 0. The molecule has 0 spiro atoms. The Balaban J connectivity index is 1.18. The van der Waals surface area contributed by atoms with Crippen LogP contribution in [-0.2, 0) is 9.53 Å². The van der Waals surface area contributed by atoms with E-state index in [0.717, 1.165) is 36.2 Å². The van der Waals surface area contributed by atoms with E-state index in [2.05, 4.69) is 20.2 Å². The predicted octanol–water partition coefficient (Wildman–Crippen LogP) is 3.05. The lowest BCUT2D eigenvalue weighted by molar-refractivity contribution is -0.127. The van der Waals surface area contributed by atoms with Gasteiger partial charge in [-0.25, -0.2) is 14.2 Å². The number of fused-ring (bicyclic) bond motifs is 1. The van der Waals surface area contributed by atoms with E-state index < -0.39 is 18.0 Å². The third kappa shape index (κ3) is 4.55. The molecule has 0 radical (unpaired) electrons. The van der Waals surface area contributed by atoms with Crippen molar-refractivity contribution in [2.45, 2.75) is 19.4 Å². The zero-order valence-corrected chi connectivity index (χ0v) is 19.5. The molecule has 10 heteroatoms. The van der Waals surface area contributed by atoms with E-state index in [1.807, 2.05) is 12.1 Å². The number of amides is 2. The lowest BCUT2D eigenvalue weighted by Crippen LogP contribution is -2.40. The van der Waals surface area contributed by atoms with E-state index in [1.54, 1.807) is 38.4 Å².